The number of allylic oxidation sites excluding steroid dienone is 6. The predicted molar refractivity (Wildman–Crippen MR) is 217 cm³/mol. The minimum absolute atomic E-state index is 0.254. The molecule has 2 saturated heterocycles. The molecular weight excluding hydrogens is 633 g/mol. The van der Waals surface area contributed by atoms with E-state index in [0.29, 0.717) is 24.0 Å². The van der Waals surface area contributed by atoms with Crippen LogP contribution in [0.5, 0.6) is 0 Å². The van der Waals surface area contributed by atoms with Gasteiger partial charge in [0.1, 0.15) is 0 Å². The molecular formula is C48H52N4. The summed E-state index contributed by atoms with van der Waals surface area (Å²) >= 11 is 0. The Morgan fingerprint density at radius 2 is 1.48 bits per heavy atom. The van der Waals surface area contributed by atoms with Crippen molar-refractivity contribution >= 4 is 39.3 Å². The van der Waals surface area contributed by atoms with E-state index in [1.54, 1.807) is 16.7 Å². The standard InChI is InChI=1S/C48H52N4/c1-3-13-31(14-4-1)32-23-25-33(26-24-32)39-27-28-41-40(49-39)29-30-44(50-41)52-43-22-12-10-20-38(43)46-36-18-8-7-17-35(36)45-37-19-9-11-21-42(37)51(47(45)48(46)52)34-15-5-2-6-16-34/h2,5-7,9-12,15-17,19-23,25,31,37,39-42,44,49-50H,1,3-4,8,13-14,18,24,26-30H2. The van der Waals surface area contributed by atoms with Gasteiger partial charge in [0.2, 0.25) is 0 Å². The summed E-state index contributed by atoms with van der Waals surface area (Å²) in [5.41, 5.74) is 13.5. The third-order valence-corrected chi connectivity index (χ3v) is 14.1. The second-order valence-electron chi connectivity index (χ2n) is 16.8. The van der Waals surface area contributed by atoms with E-state index in [0.717, 1.165) is 25.2 Å². The van der Waals surface area contributed by atoms with Crippen molar-refractivity contribution < 1.29 is 0 Å². The van der Waals surface area contributed by atoms with E-state index in [-0.39, 0.29) is 12.2 Å². The number of hydrogen-bond donors (Lipinski definition) is 2. The first-order chi connectivity index (χ1) is 25.8. The number of benzene rings is 3. The Morgan fingerprint density at radius 3 is 2.37 bits per heavy atom. The van der Waals surface area contributed by atoms with E-state index in [4.69, 9.17) is 0 Å². The average molecular weight is 685 g/mol. The largest absolute Gasteiger partial charge is 0.332 e. The van der Waals surface area contributed by atoms with E-state index < -0.39 is 0 Å². The molecule has 1 saturated carbocycles. The van der Waals surface area contributed by atoms with Gasteiger partial charge in [0.05, 0.1) is 28.9 Å². The summed E-state index contributed by atoms with van der Waals surface area (Å²) in [4.78, 5) is 2.69. The zero-order valence-corrected chi connectivity index (χ0v) is 30.4. The second kappa shape index (κ2) is 12.8. The van der Waals surface area contributed by atoms with Gasteiger partial charge in [0.15, 0.2) is 0 Å². The number of aromatic nitrogens is 1. The molecule has 4 heterocycles. The second-order valence-corrected chi connectivity index (χ2v) is 16.8. The zero-order chi connectivity index (χ0) is 34.2. The Hall–Kier alpha value is -4.12. The predicted octanol–water partition coefficient (Wildman–Crippen LogP) is 11.1. The van der Waals surface area contributed by atoms with Gasteiger partial charge in [-0.2, -0.15) is 0 Å². The minimum atomic E-state index is 0.254. The molecule has 0 bridgehead atoms. The number of rotatable bonds is 4. The lowest BCUT2D eigenvalue weighted by Gasteiger charge is -2.45. The van der Waals surface area contributed by atoms with Crippen molar-refractivity contribution in [3.63, 3.8) is 0 Å². The molecule has 52 heavy (non-hydrogen) atoms. The fourth-order valence-corrected chi connectivity index (χ4v) is 11.7. The Labute approximate surface area is 309 Å². The highest BCUT2D eigenvalue weighted by atomic mass is 15.3. The molecule has 4 nitrogen and oxygen atoms in total. The highest BCUT2D eigenvalue weighted by molar-refractivity contribution is 6.17. The first-order valence-corrected chi connectivity index (χ1v) is 20.7. The quantitative estimate of drug-likeness (QED) is 0.224. The van der Waals surface area contributed by atoms with E-state index in [1.165, 1.54) is 109 Å². The molecule has 0 spiro atoms. The van der Waals surface area contributed by atoms with Gasteiger partial charge >= 0.3 is 0 Å². The molecule has 1 aromatic heterocycles. The van der Waals surface area contributed by atoms with E-state index in [1.807, 2.05) is 0 Å². The van der Waals surface area contributed by atoms with Crippen molar-refractivity contribution in [2.45, 2.75) is 120 Å². The topological polar surface area (TPSA) is 32.2 Å². The SMILES string of the molecule is C1=CC2c3c4c(c5c6ccccc6n(C6CCC7NC(C8=CC=C(C9CCCCC9)CC8)CCC7N6)c5c3N(c3ccccc3)C2C=C1)CCC=C4. The summed E-state index contributed by atoms with van der Waals surface area (Å²) in [6.07, 6.45) is 36.3. The van der Waals surface area contributed by atoms with Crippen molar-refractivity contribution in [3.05, 3.63) is 125 Å². The van der Waals surface area contributed by atoms with Crippen LogP contribution in [0.2, 0.25) is 0 Å². The zero-order valence-electron chi connectivity index (χ0n) is 30.4. The summed E-state index contributed by atoms with van der Waals surface area (Å²) in [5, 5.41) is 11.4. The molecule has 11 rings (SSSR count). The molecule has 3 fully saturated rings. The Morgan fingerprint density at radius 1 is 0.692 bits per heavy atom. The third kappa shape index (κ3) is 4.93. The molecule has 264 valence electrons. The van der Waals surface area contributed by atoms with Gasteiger partial charge in [-0.25, -0.2) is 0 Å². The molecule has 0 amide bonds. The van der Waals surface area contributed by atoms with E-state index in [9.17, 15) is 0 Å². The maximum atomic E-state index is 4.31. The first-order valence-electron chi connectivity index (χ1n) is 20.7. The number of piperidine rings is 2. The van der Waals surface area contributed by atoms with Crippen LogP contribution in [-0.2, 0) is 6.42 Å². The summed E-state index contributed by atoms with van der Waals surface area (Å²) in [7, 11) is 0. The molecule has 4 heteroatoms. The van der Waals surface area contributed by atoms with Crippen molar-refractivity contribution in [3.8, 4) is 0 Å². The van der Waals surface area contributed by atoms with Gasteiger partial charge in [-0.15, -0.1) is 0 Å². The summed E-state index contributed by atoms with van der Waals surface area (Å²) in [6, 6.07) is 22.3. The monoisotopic (exact) mass is 684 g/mol. The van der Waals surface area contributed by atoms with Crippen LogP contribution >= 0.6 is 0 Å². The van der Waals surface area contributed by atoms with Crippen LogP contribution in [-0.4, -0.2) is 28.7 Å². The lowest BCUT2D eigenvalue weighted by atomic mass is 9.77. The molecule has 6 atom stereocenters. The number of anilines is 2. The molecule has 0 radical (unpaired) electrons. The van der Waals surface area contributed by atoms with Gasteiger partial charge in [0, 0.05) is 40.5 Å². The van der Waals surface area contributed by atoms with Gasteiger partial charge in [-0.3, -0.25) is 5.32 Å². The van der Waals surface area contributed by atoms with Crippen molar-refractivity contribution in [1.82, 2.24) is 15.2 Å². The number of nitrogens with one attached hydrogen (secondary N) is 2. The molecule has 3 aromatic carbocycles. The van der Waals surface area contributed by atoms with Crippen LogP contribution in [0, 0.1) is 5.92 Å². The fourth-order valence-electron chi connectivity index (χ4n) is 11.7. The highest BCUT2D eigenvalue weighted by Gasteiger charge is 2.44. The summed E-state index contributed by atoms with van der Waals surface area (Å²) < 4.78 is 2.77. The molecule has 6 unspecified atom stereocenters. The lowest BCUT2D eigenvalue weighted by Crippen LogP contribution is -2.60. The van der Waals surface area contributed by atoms with E-state index >= 15 is 0 Å². The Kier molecular flexibility index (Phi) is 7.72. The number of fused-ring (bicyclic) bond motifs is 11. The number of para-hydroxylation sites is 2. The van der Waals surface area contributed by atoms with Crippen molar-refractivity contribution in [1.29, 1.82) is 0 Å². The van der Waals surface area contributed by atoms with Gasteiger partial charge < -0.3 is 14.8 Å². The third-order valence-electron chi connectivity index (χ3n) is 14.1. The number of hydrogen-bond acceptors (Lipinski definition) is 3. The smallest absolute Gasteiger partial charge is 0.0849 e. The highest BCUT2D eigenvalue weighted by Crippen LogP contribution is 2.56. The van der Waals surface area contributed by atoms with Gasteiger partial charge in [-0.1, -0.05) is 115 Å². The molecule has 4 aromatic rings. The summed E-state index contributed by atoms with van der Waals surface area (Å²) in [5.74, 6) is 1.19. The molecule has 3 aliphatic heterocycles. The Balaban J connectivity index is 0.984. The fraction of sp³-hybridized carbons (Fsp3) is 0.417. The maximum absolute atomic E-state index is 4.31. The number of nitrogens with zero attached hydrogens (tertiary/aromatic N) is 2. The average Bonchev–Trinajstić information content (AvgIpc) is 3.75. The summed E-state index contributed by atoms with van der Waals surface area (Å²) in [6.45, 7) is 0. The first kappa shape index (κ1) is 31.4. The van der Waals surface area contributed by atoms with Crippen molar-refractivity contribution in [2.75, 3.05) is 4.90 Å². The molecule has 2 N–H and O–H groups in total. The number of aryl methyl sites for hydroxylation is 1. The minimum Gasteiger partial charge on any atom is -0.332 e. The van der Waals surface area contributed by atoms with Crippen LogP contribution in [0.25, 0.3) is 27.9 Å². The normalized spacial score (nSPS) is 29.8. The van der Waals surface area contributed by atoms with Gasteiger partial charge in [-0.05, 0) is 105 Å². The van der Waals surface area contributed by atoms with Gasteiger partial charge in [0.25, 0.3) is 0 Å². The Bertz CT molecular complexity index is 2190. The lowest BCUT2D eigenvalue weighted by molar-refractivity contribution is 0.165. The molecule has 7 aliphatic rings. The van der Waals surface area contributed by atoms with Crippen LogP contribution < -0.4 is 15.5 Å². The van der Waals surface area contributed by atoms with Crippen LogP contribution in [0.1, 0.15) is 106 Å². The van der Waals surface area contributed by atoms with Crippen LogP contribution in [0.3, 0.4) is 0 Å². The molecule has 4 aliphatic carbocycles. The maximum Gasteiger partial charge on any atom is 0.0849 e. The van der Waals surface area contributed by atoms with Crippen molar-refractivity contribution in [2.24, 2.45) is 5.92 Å². The van der Waals surface area contributed by atoms with Crippen LogP contribution in [0.4, 0.5) is 11.4 Å². The van der Waals surface area contributed by atoms with Crippen LogP contribution in [0.15, 0.2) is 108 Å². The van der Waals surface area contributed by atoms with E-state index in [2.05, 4.69) is 123 Å².